The van der Waals surface area contributed by atoms with Crippen LogP contribution in [-0.4, -0.2) is 41.2 Å². The number of rotatable bonds is 9. The van der Waals surface area contributed by atoms with Crippen molar-refractivity contribution < 1.29 is 19.1 Å². The lowest BCUT2D eigenvalue weighted by Gasteiger charge is -2.22. The second-order valence-corrected chi connectivity index (χ2v) is 5.75. The van der Waals surface area contributed by atoms with Crippen molar-refractivity contribution in [1.29, 1.82) is 0 Å². The zero-order valence-corrected chi connectivity index (χ0v) is 14.8. The van der Waals surface area contributed by atoms with Crippen LogP contribution in [0, 0.1) is 0 Å². The van der Waals surface area contributed by atoms with Gasteiger partial charge in [0.2, 0.25) is 5.91 Å². The Balaban J connectivity index is 1.97. The highest BCUT2D eigenvalue weighted by Crippen LogP contribution is 2.10. The first-order valence-electron chi connectivity index (χ1n) is 8.43. The smallest absolute Gasteiger partial charge is 0.307 e. The lowest BCUT2D eigenvalue weighted by Crippen LogP contribution is -2.33. The van der Waals surface area contributed by atoms with Gasteiger partial charge in [-0.15, -0.1) is 0 Å². The topological polar surface area (TPSA) is 76.6 Å². The summed E-state index contributed by atoms with van der Waals surface area (Å²) < 4.78 is 4.64. The zero-order valence-electron chi connectivity index (χ0n) is 14.8. The lowest BCUT2D eigenvalue weighted by atomic mass is 10.1. The van der Waals surface area contributed by atoms with Crippen molar-refractivity contribution in [2.45, 2.75) is 25.8 Å². The van der Waals surface area contributed by atoms with E-state index in [0.29, 0.717) is 5.56 Å². The van der Waals surface area contributed by atoms with Gasteiger partial charge in [0.1, 0.15) is 0 Å². The maximum Gasteiger partial charge on any atom is 0.307 e. The Morgan fingerprint density at radius 2 is 1.69 bits per heavy atom. The van der Waals surface area contributed by atoms with Crippen molar-refractivity contribution in [1.82, 2.24) is 9.88 Å². The second kappa shape index (κ2) is 10.1. The molecule has 0 unspecified atom stereocenters. The summed E-state index contributed by atoms with van der Waals surface area (Å²) in [7, 11) is 1.31. The molecule has 1 aromatic carbocycles. The third kappa shape index (κ3) is 6.12. The number of methoxy groups -OCH3 is 1. The molecule has 0 bridgehead atoms. The van der Waals surface area contributed by atoms with Crippen molar-refractivity contribution in [2.24, 2.45) is 0 Å². The minimum atomic E-state index is -0.385. The van der Waals surface area contributed by atoms with E-state index in [1.807, 2.05) is 18.2 Å². The molecule has 0 fully saturated rings. The van der Waals surface area contributed by atoms with Gasteiger partial charge in [0.05, 0.1) is 25.8 Å². The number of ether oxygens (including phenoxy) is 1. The van der Waals surface area contributed by atoms with E-state index in [1.165, 1.54) is 12.0 Å². The molecule has 0 atom stereocenters. The van der Waals surface area contributed by atoms with Crippen molar-refractivity contribution >= 4 is 17.7 Å². The normalized spacial score (nSPS) is 10.2. The molecular formula is C20H22N2O4. The fourth-order valence-corrected chi connectivity index (χ4v) is 2.45. The number of ketones is 1. The summed E-state index contributed by atoms with van der Waals surface area (Å²) >= 11 is 0. The predicted molar refractivity (Wildman–Crippen MR) is 96.3 cm³/mol. The highest BCUT2D eigenvalue weighted by molar-refractivity contribution is 5.97. The molecule has 136 valence electrons. The van der Waals surface area contributed by atoms with Gasteiger partial charge in [-0.1, -0.05) is 36.4 Å². The first-order valence-corrected chi connectivity index (χ1v) is 8.43. The van der Waals surface area contributed by atoms with Crippen molar-refractivity contribution in [2.75, 3.05) is 13.7 Å². The number of nitrogens with zero attached hydrogens (tertiary/aromatic N) is 2. The van der Waals surface area contributed by atoms with Crippen molar-refractivity contribution in [3.63, 3.8) is 0 Å². The maximum absolute atomic E-state index is 12.6. The minimum Gasteiger partial charge on any atom is -0.469 e. The fraction of sp³-hybridized carbons (Fsp3) is 0.300. The van der Waals surface area contributed by atoms with Gasteiger partial charge in [-0.3, -0.25) is 19.4 Å². The molecule has 26 heavy (non-hydrogen) atoms. The van der Waals surface area contributed by atoms with Crippen molar-refractivity contribution in [3.05, 3.63) is 66.0 Å². The molecule has 0 aliphatic carbocycles. The van der Waals surface area contributed by atoms with Gasteiger partial charge in [-0.25, -0.2) is 0 Å². The third-order valence-corrected chi connectivity index (χ3v) is 3.91. The van der Waals surface area contributed by atoms with Crippen LogP contribution in [0.4, 0.5) is 0 Å². The monoisotopic (exact) mass is 354 g/mol. The number of hydrogen-bond acceptors (Lipinski definition) is 5. The molecule has 0 spiro atoms. The Hall–Kier alpha value is -3.02. The molecule has 6 heteroatoms. The number of esters is 1. The van der Waals surface area contributed by atoms with Gasteiger partial charge in [0.25, 0.3) is 0 Å². The Morgan fingerprint density at radius 3 is 2.35 bits per heavy atom. The number of pyridine rings is 1. The number of hydrogen-bond donors (Lipinski definition) is 0. The highest BCUT2D eigenvalue weighted by Gasteiger charge is 2.18. The summed E-state index contributed by atoms with van der Waals surface area (Å²) in [4.78, 5) is 41.9. The zero-order chi connectivity index (χ0) is 18.8. The molecule has 0 radical (unpaired) electrons. The molecule has 0 aliphatic heterocycles. The van der Waals surface area contributed by atoms with E-state index in [1.54, 1.807) is 36.5 Å². The van der Waals surface area contributed by atoms with Gasteiger partial charge in [-0.05, 0) is 12.1 Å². The van der Waals surface area contributed by atoms with E-state index in [9.17, 15) is 14.4 Å². The Bertz CT molecular complexity index is 732. The van der Waals surface area contributed by atoms with Crippen molar-refractivity contribution in [3.8, 4) is 0 Å². The molecule has 0 saturated carbocycles. The van der Waals surface area contributed by atoms with E-state index in [4.69, 9.17) is 0 Å². The van der Waals surface area contributed by atoms with Crippen LogP contribution in [0.3, 0.4) is 0 Å². The van der Waals surface area contributed by atoms with E-state index in [-0.39, 0.29) is 50.0 Å². The Kier molecular flexibility index (Phi) is 7.49. The maximum atomic E-state index is 12.6. The molecule has 1 heterocycles. The number of benzene rings is 1. The summed E-state index contributed by atoms with van der Waals surface area (Å²) in [6.45, 7) is 0.512. The Morgan fingerprint density at radius 1 is 0.962 bits per heavy atom. The molecule has 6 nitrogen and oxygen atoms in total. The van der Waals surface area contributed by atoms with Gasteiger partial charge < -0.3 is 9.64 Å². The van der Waals surface area contributed by atoms with Gasteiger partial charge in [0, 0.05) is 31.1 Å². The lowest BCUT2D eigenvalue weighted by molar-refractivity contribution is -0.142. The van der Waals surface area contributed by atoms with Crippen LogP contribution >= 0.6 is 0 Å². The number of amides is 1. The van der Waals surface area contributed by atoms with Crippen LogP contribution in [0.25, 0.3) is 0 Å². The van der Waals surface area contributed by atoms with Crippen LogP contribution in [0.2, 0.25) is 0 Å². The van der Waals surface area contributed by atoms with Crippen LogP contribution in [0.15, 0.2) is 54.7 Å². The molecule has 0 aliphatic rings. The van der Waals surface area contributed by atoms with Gasteiger partial charge in [-0.2, -0.15) is 0 Å². The molecule has 2 rings (SSSR count). The standard InChI is InChI=1S/C20H22N2O4/c1-26-20(25)12-14-22(15-17-9-5-6-13-21-17)19(24)11-10-18(23)16-7-3-2-4-8-16/h2-9,13H,10-12,14-15H2,1H3. The first kappa shape index (κ1) is 19.3. The van der Waals surface area contributed by atoms with E-state index >= 15 is 0 Å². The summed E-state index contributed by atoms with van der Waals surface area (Å²) in [6.07, 6.45) is 1.96. The number of carbonyl (C=O) groups excluding carboxylic acids is 3. The highest BCUT2D eigenvalue weighted by atomic mass is 16.5. The summed E-state index contributed by atoms with van der Waals surface area (Å²) in [5, 5.41) is 0. The number of Topliss-reactive ketones (excluding diaryl/α,β-unsaturated/α-hetero) is 1. The van der Waals surface area contributed by atoms with E-state index in [0.717, 1.165) is 5.69 Å². The fourth-order valence-electron chi connectivity index (χ4n) is 2.45. The quantitative estimate of drug-likeness (QED) is 0.511. The van der Waals surface area contributed by atoms with Gasteiger partial charge in [0.15, 0.2) is 5.78 Å². The average Bonchev–Trinajstić information content (AvgIpc) is 2.70. The van der Waals surface area contributed by atoms with Crippen LogP contribution in [0.5, 0.6) is 0 Å². The van der Waals surface area contributed by atoms with Crippen LogP contribution in [0.1, 0.15) is 35.3 Å². The molecule has 0 saturated heterocycles. The van der Waals surface area contributed by atoms with Crippen LogP contribution in [-0.2, 0) is 20.9 Å². The molecule has 0 N–H and O–H groups in total. The average molecular weight is 354 g/mol. The summed E-state index contributed by atoms with van der Waals surface area (Å²) in [5.74, 6) is -0.655. The number of aromatic nitrogens is 1. The molecule has 1 aromatic heterocycles. The molecular weight excluding hydrogens is 332 g/mol. The molecule has 2 aromatic rings. The van der Waals surface area contributed by atoms with E-state index in [2.05, 4.69) is 9.72 Å². The second-order valence-electron chi connectivity index (χ2n) is 5.75. The number of carbonyl (C=O) groups is 3. The predicted octanol–water partition coefficient (Wildman–Crippen LogP) is 2.64. The first-order chi connectivity index (χ1) is 12.6. The largest absolute Gasteiger partial charge is 0.469 e. The summed E-state index contributed by atoms with van der Waals surface area (Å²) in [5.41, 5.74) is 1.31. The molecule has 1 amide bonds. The Labute approximate surface area is 152 Å². The van der Waals surface area contributed by atoms with Gasteiger partial charge >= 0.3 is 5.97 Å². The SMILES string of the molecule is COC(=O)CCN(Cc1ccccn1)C(=O)CCC(=O)c1ccccc1. The summed E-state index contributed by atoms with van der Waals surface area (Å²) in [6, 6.07) is 14.3. The third-order valence-electron chi connectivity index (χ3n) is 3.91. The van der Waals surface area contributed by atoms with E-state index < -0.39 is 0 Å². The van der Waals surface area contributed by atoms with Crippen LogP contribution < -0.4 is 0 Å². The minimum absolute atomic E-state index is 0.0790.